The van der Waals surface area contributed by atoms with Crippen molar-refractivity contribution >= 4 is 17.1 Å². The molecule has 0 atom stereocenters. The lowest BCUT2D eigenvalue weighted by molar-refractivity contribution is 0.625. The standard InChI is InChI=1S/C15H14FN3/c16-14-11-12(18)7-8-15(14)19(10-4-9-17)13-5-2-1-3-6-13/h1-3,5-8,11H,4,10,18H2. The molecule has 19 heavy (non-hydrogen) atoms. The lowest BCUT2D eigenvalue weighted by atomic mass is 10.2. The molecule has 0 aromatic heterocycles. The van der Waals surface area contributed by atoms with Crippen LogP contribution in [0.25, 0.3) is 0 Å². The minimum absolute atomic E-state index is 0.318. The predicted octanol–water partition coefficient (Wildman–Crippen LogP) is 3.46. The molecule has 2 rings (SSSR count). The van der Waals surface area contributed by atoms with Gasteiger partial charge in [-0.15, -0.1) is 0 Å². The number of rotatable bonds is 4. The van der Waals surface area contributed by atoms with Gasteiger partial charge in [-0.2, -0.15) is 5.26 Å². The average molecular weight is 255 g/mol. The van der Waals surface area contributed by atoms with E-state index >= 15 is 0 Å². The second-order valence-electron chi connectivity index (χ2n) is 4.11. The summed E-state index contributed by atoms with van der Waals surface area (Å²) < 4.78 is 14.0. The summed E-state index contributed by atoms with van der Waals surface area (Å²) in [6.07, 6.45) is 0.318. The molecule has 0 aliphatic rings. The third kappa shape index (κ3) is 3.02. The number of para-hydroxylation sites is 1. The highest BCUT2D eigenvalue weighted by atomic mass is 19.1. The zero-order valence-corrected chi connectivity index (χ0v) is 10.4. The molecule has 3 nitrogen and oxygen atoms in total. The molecule has 2 aromatic rings. The van der Waals surface area contributed by atoms with Gasteiger partial charge in [0, 0.05) is 17.9 Å². The average Bonchev–Trinajstić information content (AvgIpc) is 2.42. The molecular formula is C15H14FN3. The second kappa shape index (κ2) is 5.87. The van der Waals surface area contributed by atoms with E-state index in [2.05, 4.69) is 6.07 Å². The summed E-state index contributed by atoms with van der Waals surface area (Å²) in [7, 11) is 0. The largest absolute Gasteiger partial charge is 0.399 e. The van der Waals surface area contributed by atoms with Crippen molar-refractivity contribution in [2.24, 2.45) is 0 Å². The van der Waals surface area contributed by atoms with Crippen molar-refractivity contribution in [3.8, 4) is 6.07 Å². The number of benzene rings is 2. The summed E-state index contributed by atoms with van der Waals surface area (Å²) in [5.74, 6) is -0.387. The van der Waals surface area contributed by atoms with Gasteiger partial charge < -0.3 is 10.6 Å². The first-order chi connectivity index (χ1) is 9.22. The minimum atomic E-state index is -0.387. The Kier molecular flexibility index (Phi) is 3.99. The molecule has 0 spiro atoms. The number of anilines is 3. The number of nitrogen functional groups attached to an aromatic ring is 1. The van der Waals surface area contributed by atoms with Gasteiger partial charge in [0.15, 0.2) is 0 Å². The lowest BCUT2D eigenvalue weighted by Crippen LogP contribution is -2.19. The fraction of sp³-hybridized carbons (Fsp3) is 0.133. The number of nitrogens with zero attached hydrogens (tertiary/aromatic N) is 2. The van der Waals surface area contributed by atoms with E-state index in [1.807, 2.05) is 30.3 Å². The number of nitrogens with two attached hydrogens (primary N) is 1. The van der Waals surface area contributed by atoms with Gasteiger partial charge in [0.2, 0.25) is 0 Å². The van der Waals surface area contributed by atoms with Crippen LogP contribution in [0, 0.1) is 17.1 Å². The Labute approximate surface area is 111 Å². The van der Waals surface area contributed by atoms with Gasteiger partial charge in [-0.05, 0) is 30.3 Å². The molecular weight excluding hydrogens is 241 g/mol. The Morgan fingerprint density at radius 1 is 1.16 bits per heavy atom. The number of hydrogen-bond donors (Lipinski definition) is 1. The summed E-state index contributed by atoms with van der Waals surface area (Å²) in [6, 6.07) is 16.1. The first-order valence-corrected chi connectivity index (χ1v) is 5.97. The predicted molar refractivity (Wildman–Crippen MR) is 74.5 cm³/mol. The SMILES string of the molecule is N#CCCN(c1ccccc1)c1ccc(N)cc1F. The molecule has 0 heterocycles. The third-order valence-corrected chi connectivity index (χ3v) is 2.78. The van der Waals surface area contributed by atoms with Gasteiger partial charge >= 0.3 is 0 Å². The number of halogens is 1. The van der Waals surface area contributed by atoms with Crippen LogP contribution < -0.4 is 10.6 Å². The summed E-state index contributed by atoms with van der Waals surface area (Å²) in [4.78, 5) is 1.78. The molecule has 0 amide bonds. The third-order valence-electron chi connectivity index (χ3n) is 2.78. The molecule has 4 heteroatoms. The Balaban J connectivity index is 2.40. The van der Waals surface area contributed by atoms with Crippen molar-refractivity contribution in [3.05, 3.63) is 54.3 Å². The van der Waals surface area contributed by atoms with Gasteiger partial charge in [-0.3, -0.25) is 0 Å². The molecule has 0 bridgehead atoms. The van der Waals surface area contributed by atoms with E-state index in [1.54, 1.807) is 17.0 Å². The van der Waals surface area contributed by atoms with Crippen LogP contribution in [-0.2, 0) is 0 Å². The maximum absolute atomic E-state index is 14.0. The Hall–Kier alpha value is -2.54. The van der Waals surface area contributed by atoms with Crippen LogP contribution in [0.4, 0.5) is 21.5 Å². The normalized spacial score (nSPS) is 9.89. The maximum atomic E-state index is 14.0. The van der Waals surface area contributed by atoms with Crippen molar-refractivity contribution in [1.82, 2.24) is 0 Å². The van der Waals surface area contributed by atoms with Gasteiger partial charge in [0.05, 0.1) is 18.2 Å². The van der Waals surface area contributed by atoms with Crippen LogP contribution in [0.15, 0.2) is 48.5 Å². The molecule has 0 fully saturated rings. The molecule has 96 valence electrons. The summed E-state index contributed by atoms with van der Waals surface area (Å²) in [5, 5.41) is 8.73. The van der Waals surface area contributed by atoms with Gasteiger partial charge in [0.25, 0.3) is 0 Å². The quantitative estimate of drug-likeness (QED) is 0.851. The smallest absolute Gasteiger partial charge is 0.148 e. The monoisotopic (exact) mass is 255 g/mol. The highest BCUT2D eigenvalue weighted by molar-refractivity contribution is 5.65. The Morgan fingerprint density at radius 3 is 2.53 bits per heavy atom. The molecule has 0 radical (unpaired) electrons. The molecule has 0 saturated carbocycles. The van der Waals surface area contributed by atoms with Gasteiger partial charge in [-0.1, -0.05) is 18.2 Å². The van der Waals surface area contributed by atoms with Crippen LogP contribution in [0.5, 0.6) is 0 Å². The van der Waals surface area contributed by atoms with E-state index in [1.165, 1.54) is 6.07 Å². The molecule has 2 N–H and O–H groups in total. The number of nitriles is 1. The van der Waals surface area contributed by atoms with Crippen LogP contribution in [0.1, 0.15) is 6.42 Å². The zero-order chi connectivity index (χ0) is 13.7. The van der Waals surface area contributed by atoms with Crippen molar-refractivity contribution in [3.63, 3.8) is 0 Å². The molecule has 2 aromatic carbocycles. The second-order valence-corrected chi connectivity index (χ2v) is 4.11. The van der Waals surface area contributed by atoms with Crippen LogP contribution in [-0.4, -0.2) is 6.54 Å². The van der Waals surface area contributed by atoms with E-state index in [4.69, 9.17) is 11.0 Å². The van der Waals surface area contributed by atoms with E-state index in [-0.39, 0.29) is 5.82 Å². The van der Waals surface area contributed by atoms with Crippen molar-refractivity contribution < 1.29 is 4.39 Å². The first-order valence-electron chi connectivity index (χ1n) is 5.97. The van der Waals surface area contributed by atoms with Crippen LogP contribution >= 0.6 is 0 Å². The van der Waals surface area contributed by atoms with Gasteiger partial charge in [0.1, 0.15) is 5.82 Å². The number of hydrogen-bond acceptors (Lipinski definition) is 3. The summed E-state index contributed by atoms with van der Waals surface area (Å²) in [5.41, 5.74) is 7.21. The molecule has 0 aliphatic carbocycles. The summed E-state index contributed by atoms with van der Waals surface area (Å²) >= 11 is 0. The Morgan fingerprint density at radius 2 is 1.89 bits per heavy atom. The molecule has 0 aliphatic heterocycles. The highest BCUT2D eigenvalue weighted by Gasteiger charge is 2.13. The summed E-state index contributed by atoms with van der Waals surface area (Å²) in [6.45, 7) is 0.432. The van der Waals surface area contributed by atoms with Gasteiger partial charge in [-0.25, -0.2) is 4.39 Å². The Bertz CT molecular complexity index is 590. The fourth-order valence-corrected chi connectivity index (χ4v) is 1.90. The topological polar surface area (TPSA) is 53.0 Å². The first kappa shape index (κ1) is 12.9. The highest BCUT2D eigenvalue weighted by Crippen LogP contribution is 2.28. The van der Waals surface area contributed by atoms with Crippen LogP contribution in [0.2, 0.25) is 0 Å². The van der Waals surface area contributed by atoms with Crippen LogP contribution in [0.3, 0.4) is 0 Å². The van der Waals surface area contributed by atoms with E-state index < -0.39 is 0 Å². The van der Waals surface area contributed by atoms with E-state index in [0.29, 0.717) is 24.3 Å². The molecule has 0 saturated heterocycles. The zero-order valence-electron chi connectivity index (χ0n) is 10.4. The molecule has 0 unspecified atom stereocenters. The maximum Gasteiger partial charge on any atom is 0.148 e. The van der Waals surface area contributed by atoms with E-state index in [0.717, 1.165) is 5.69 Å². The minimum Gasteiger partial charge on any atom is -0.399 e. The van der Waals surface area contributed by atoms with Crippen molar-refractivity contribution in [1.29, 1.82) is 5.26 Å². The lowest BCUT2D eigenvalue weighted by Gasteiger charge is -2.24. The fourth-order valence-electron chi connectivity index (χ4n) is 1.90. The van der Waals surface area contributed by atoms with Crippen molar-refractivity contribution in [2.45, 2.75) is 6.42 Å². The van der Waals surface area contributed by atoms with E-state index in [9.17, 15) is 4.39 Å². The van der Waals surface area contributed by atoms with Crippen molar-refractivity contribution in [2.75, 3.05) is 17.2 Å².